The van der Waals surface area contributed by atoms with Gasteiger partial charge in [-0.15, -0.1) is 6.58 Å². The summed E-state index contributed by atoms with van der Waals surface area (Å²) in [6.07, 6.45) is 5.60. The first-order valence-corrected chi connectivity index (χ1v) is 11.1. The molecule has 1 aliphatic carbocycles. The van der Waals surface area contributed by atoms with Gasteiger partial charge in [0.1, 0.15) is 11.0 Å². The normalized spacial score (nSPS) is 18.9. The van der Waals surface area contributed by atoms with Crippen molar-refractivity contribution in [3.8, 4) is 5.82 Å². The van der Waals surface area contributed by atoms with E-state index in [0.29, 0.717) is 24.4 Å². The molecule has 4 rings (SSSR count). The lowest BCUT2D eigenvalue weighted by Crippen LogP contribution is -2.25. The van der Waals surface area contributed by atoms with E-state index < -0.39 is 15.4 Å². The van der Waals surface area contributed by atoms with Crippen molar-refractivity contribution in [1.29, 1.82) is 0 Å². The van der Waals surface area contributed by atoms with Crippen LogP contribution in [0.4, 0.5) is 0 Å². The van der Waals surface area contributed by atoms with Crippen molar-refractivity contribution in [3.05, 3.63) is 52.6 Å². The molecule has 10 heteroatoms. The number of allylic oxidation sites excluding steroid dienone is 1. The molecule has 3 aromatic rings. The van der Waals surface area contributed by atoms with Crippen molar-refractivity contribution in [2.75, 3.05) is 6.26 Å². The fourth-order valence-electron chi connectivity index (χ4n) is 3.72. The largest absolute Gasteiger partial charge is 0.384 e. The van der Waals surface area contributed by atoms with Gasteiger partial charge in [0.05, 0.1) is 12.2 Å². The molecule has 9 nitrogen and oxygen atoms in total. The summed E-state index contributed by atoms with van der Waals surface area (Å²) >= 11 is 0. The number of aromatic nitrogens is 5. The fraction of sp³-hybridized carbons (Fsp3) is 0.368. The van der Waals surface area contributed by atoms with E-state index in [1.54, 1.807) is 12.1 Å². The van der Waals surface area contributed by atoms with Crippen molar-refractivity contribution in [1.82, 2.24) is 24.3 Å². The Bertz CT molecular complexity index is 1310. The number of pyridine rings is 1. The van der Waals surface area contributed by atoms with Crippen molar-refractivity contribution in [2.45, 2.75) is 43.5 Å². The monoisotopic (exact) mass is 415 g/mol. The number of rotatable bonds is 5. The van der Waals surface area contributed by atoms with Gasteiger partial charge in [0.15, 0.2) is 11.5 Å². The average molecular weight is 415 g/mol. The molecule has 152 valence electrons. The molecular weight excluding hydrogens is 394 g/mol. The van der Waals surface area contributed by atoms with E-state index in [0.717, 1.165) is 18.2 Å². The van der Waals surface area contributed by atoms with E-state index >= 15 is 0 Å². The molecule has 0 radical (unpaired) electrons. The summed E-state index contributed by atoms with van der Waals surface area (Å²) in [5.41, 5.74) is 0.267. The Morgan fingerprint density at radius 1 is 1.34 bits per heavy atom. The summed E-state index contributed by atoms with van der Waals surface area (Å²) in [5, 5.41) is 10.7. The van der Waals surface area contributed by atoms with Crippen molar-refractivity contribution < 1.29 is 13.5 Å². The van der Waals surface area contributed by atoms with Crippen LogP contribution in [0, 0.1) is 0 Å². The van der Waals surface area contributed by atoms with Crippen molar-refractivity contribution in [3.63, 3.8) is 0 Å². The van der Waals surface area contributed by atoms with Crippen LogP contribution in [0.5, 0.6) is 0 Å². The van der Waals surface area contributed by atoms with E-state index in [9.17, 15) is 18.3 Å². The first kappa shape index (κ1) is 19.5. The highest BCUT2D eigenvalue weighted by molar-refractivity contribution is 7.90. The molecule has 0 saturated heterocycles. The van der Waals surface area contributed by atoms with Gasteiger partial charge in [-0.25, -0.2) is 27.7 Å². The molecule has 1 N–H and O–H groups in total. The van der Waals surface area contributed by atoms with E-state index in [-0.39, 0.29) is 28.3 Å². The molecule has 0 aromatic carbocycles. The number of sulfone groups is 1. The molecule has 0 fully saturated rings. The third-order valence-electron chi connectivity index (χ3n) is 5.30. The molecule has 0 unspecified atom stereocenters. The minimum atomic E-state index is -3.67. The van der Waals surface area contributed by atoms with Crippen LogP contribution >= 0.6 is 0 Å². The zero-order valence-electron chi connectivity index (χ0n) is 16.2. The molecule has 3 aromatic heterocycles. The molecular formula is C19H21N5O4S. The number of hydrogen-bond donors (Lipinski definition) is 1. The summed E-state index contributed by atoms with van der Waals surface area (Å²) in [6, 6.07) is 3.61. The highest BCUT2D eigenvalue weighted by Gasteiger charge is 2.37. The van der Waals surface area contributed by atoms with Gasteiger partial charge in [-0.05, 0) is 30.9 Å². The summed E-state index contributed by atoms with van der Waals surface area (Å²) < 4.78 is 26.7. The van der Waals surface area contributed by atoms with E-state index in [4.69, 9.17) is 0 Å². The van der Waals surface area contributed by atoms with E-state index in [1.807, 2.05) is 13.0 Å². The Kier molecular flexibility index (Phi) is 4.43. The van der Waals surface area contributed by atoms with Crippen LogP contribution in [0.1, 0.15) is 31.0 Å². The Labute approximate surface area is 167 Å². The molecule has 0 aliphatic heterocycles. The molecule has 1 aliphatic rings. The second-order valence-corrected chi connectivity index (χ2v) is 9.12. The van der Waals surface area contributed by atoms with Crippen LogP contribution < -0.4 is 5.56 Å². The quantitative estimate of drug-likeness (QED) is 0.489. The van der Waals surface area contributed by atoms with Gasteiger partial charge in [0.2, 0.25) is 15.0 Å². The molecule has 1 atom stereocenters. The highest BCUT2D eigenvalue weighted by Crippen LogP contribution is 2.38. The van der Waals surface area contributed by atoms with Crippen LogP contribution in [-0.4, -0.2) is 44.1 Å². The maximum absolute atomic E-state index is 12.9. The second kappa shape index (κ2) is 6.60. The average Bonchev–Trinajstić information content (AvgIpc) is 3.17. The standard InChI is InChI=1S/C19H21N5O4S/c1-4-10-23-17(25)13-11-20-18(29(3,27)28)22-16(13)24(23)14-7-6-12-8-9-19(26,5-2)15(12)21-14/h4,6-7,11,26H,1,5,8-10H2,2-3H3/t19-/m0/s1. The maximum atomic E-state index is 12.9. The van der Waals surface area contributed by atoms with E-state index in [2.05, 4.69) is 21.5 Å². The number of nitrogens with zero attached hydrogens (tertiary/aromatic N) is 5. The predicted molar refractivity (Wildman–Crippen MR) is 107 cm³/mol. The van der Waals surface area contributed by atoms with Crippen LogP contribution in [0.15, 0.2) is 40.9 Å². The van der Waals surface area contributed by atoms with Crippen LogP contribution in [0.2, 0.25) is 0 Å². The molecule has 0 spiro atoms. The van der Waals surface area contributed by atoms with Gasteiger partial charge in [0.25, 0.3) is 5.56 Å². The van der Waals surface area contributed by atoms with Gasteiger partial charge in [-0.1, -0.05) is 19.1 Å². The Morgan fingerprint density at radius 2 is 2.10 bits per heavy atom. The molecule has 0 saturated carbocycles. The maximum Gasteiger partial charge on any atom is 0.278 e. The molecule has 29 heavy (non-hydrogen) atoms. The molecule has 3 heterocycles. The summed E-state index contributed by atoms with van der Waals surface area (Å²) in [7, 11) is -3.67. The Balaban J connectivity index is 2.05. The van der Waals surface area contributed by atoms with E-state index in [1.165, 1.54) is 15.6 Å². The third-order valence-corrected chi connectivity index (χ3v) is 6.16. The van der Waals surface area contributed by atoms with Crippen molar-refractivity contribution >= 4 is 20.9 Å². The minimum Gasteiger partial charge on any atom is -0.384 e. The predicted octanol–water partition coefficient (Wildman–Crippen LogP) is 1.11. The third kappa shape index (κ3) is 2.99. The summed E-state index contributed by atoms with van der Waals surface area (Å²) in [4.78, 5) is 25.5. The van der Waals surface area contributed by atoms with Gasteiger partial charge >= 0.3 is 0 Å². The van der Waals surface area contributed by atoms with Gasteiger partial charge in [-0.2, -0.15) is 4.98 Å². The SMILES string of the molecule is C=CCn1c(=O)c2cnc(S(C)(=O)=O)nc2n1-c1ccc2c(n1)[C@](O)(CC)CC2. The molecule has 0 amide bonds. The van der Waals surface area contributed by atoms with Crippen LogP contribution in [0.3, 0.4) is 0 Å². The first-order chi connectivity index (χ1) is 13.7. The highest BCUT2D eigenvalue weighted by atomic mass is 32.2. The topological polar surface area (TPSA) is 120 Å². The zero-order valence-corrected chi connectivity index (χ0v) is 17.0. The molecule has 0 bridgehead atoms. The summed E-state index contributed by atoms with van der Waals surface area (Å²) in [6.45, 7) is 5.75. The smallest absolute Gasteiger partial charge is 0.278 e. The Morgan fingerprint density at radius 3 is 2.76 bits per heavy atom. The first-order valence-electron chi connectivity index (χ1n) is 9.22. The lowest BCUT2D eigenvalue weighted by atomic mass is 9.98. The van der Waals surface area contributed by atoms with Crippen LogP contribution in [-0.2, 0) is 28.4 Å². The van der Waals surface area contributed by atoms with Crippen LogP contribution in [0.25, 0.3) is 16.9 Å². The van der Waals surface area contributed by atoms with Crippen molar-refractivity contribution in [2.24, 2.45) is 0 Å². The van der Waals surface area contributed by atoms with Gasteiger partial charge in [0, 0.05) is 12.5 Å². The Hall–Kier alpha value is -2.85. The lowest BCUT2D eigenvalue weighted by Gasteiger charge is -2.21. The second-order valence-electron chi connectivity index (χ2n) is 7.21. The fourth-order valence-corrected chi connectivity index (χ4v) is 4.21. The van der Waals surface area contributed by atoms with Gasteiger partial charge < -0.3 is 5.11 Å². The minimum absolute atomic E-state index is 0.137. The number of fused-ring (bicyclic) bond motifs is 2. The number of aliphatic hydroxyl groups is 1. The lowest BCUT2D eigenvalue weighted by molar-refractivity contribution is 0.0306. The van der Waals surface area contributed by atoms with Gasteiger partial charge in [-0.3, -0.25) is 4.79 Å². The summed E-state index contributed by atoms with van der Waals surface area (Å²) in [5.74, 6) is 0.365. The number of aryl methyl sites for hydroxylation is 1. The zero-order chi connectivity index (χ0) is 21.0. The number of hydrogen-bond acceptors (Lipinski definition) is 7.